The summed E-state index contributed by atoms with van der Waals surface area (Å²) < 4.78 is 0. The molecule has 0 unspecified atom stereocenters. The van der Waals surface area contributed by atoms with Gasteiger partial charge in [0.2, 0.25) is 17.7 Å². The Bertz CT molecular complexity index is 655. The van der Waals surface area contributed by atoms with Crippen LogP contribution in [0.4, 0.5) is 5.69 Å². The molecule has 1 aliphatic heterocycles. The Kier molecular flexibility index (Phi) is 6.77. The van der Waals surface area contributed by atoms with Crippen LogP contribution in [0, 0.1) is 6.92 Å². The molecule has 0 saturated carbocycles. The SMILES string of the molecule is CCCCC(=O)N(CC(=O)N1CC(=O)N(c2ccc(C)cc2)C1)C(C)C. The molecular weight excluding hydrogens is 330 g/mol. The maximum atomic E-state index is 12.7. The smallest absolute Gasteiger partial charge is 0.248 e. The highest BCUT2D eigenvalue weighted by atomic mass is 16.2. The summed E-state index contributed by atoms with van der Waals surface area (Å²) in [7, 11) is 0. The highest BCUT2D eigenvalue weighted by molar-refractivity contribution is 6.00. The Morgan fingerprint density at radius 1 is 1.19 bits per heavy atom. The zero-order valence-electron chi connectivity index (χ0n) is 16.2. The summed E-state index contributed by atoms with van der Waals surface area (Å²) >= 11 is 0. The van der Waals surface area contributed by atoms with E-state index < -0.39 is 0 Å². The number of hydrogen-bond acceptors (Lipinski definition) is 3. The predicted octanol–water partition coefficient (Wildman–Crippen LogP) is 2.55. The topological polar surface area (TPSA) is 60.9 Å². The number of amides is 3. The lowest BCUT2D eigenvalue weighted by atomic mass is 10.2. The van der Waals surface area contributed by atoms with E-state index in [1.807, 2.05) is 52.0 Å². The second kappa shape index (κ2) is 8.83. The second-order valence-corrected chi connectivity index (χ2v) is 7.11. The van der Waals surface area contributed by atoms with Crippen LogP contribution in [0.5, 0.6) is 0 Å². The molecule has 1 saturated heterocycles. The van der Waals surface area contributed by atoms with Crippen LogP contribution in [0.3, 0.4) is 0 Å². The van der Waals surface area contributed by atoms with Crippen molar-refractivity contribution in [1.82, 2.24) is 9.80 Å². The Labute approximate surface area is 155 Å². The molecule has 0 bridgehead atoms. The van der Waals surface area contributed by atoms with Crippen molar-refractivity contribution in [3.8, 4) is 0 Å². The van der Waals surface area contributed by atoms with Crippen LogP contribution in [-0.4, -0.2) is 53.3 Å². The molecule has 0 aliphatic carbocycles. The average Bonchev–Trinajstić information content (AvgIpc) is 2.99. The highest BCUT2D eigenvalue weighted by Crippen LogP contribution is 2.20. The van der Waals surface area contributed by atoms with Crippen LogP contribution in [0.2, 0.25) is 0 Å². The van der Waals surface area contributed by atoms with Gasteiger partial charge in [0.15, 0.2) is 0 Å². The van der Waals surface area contributed by atoms with Gasteiger partial charge in [0.1, 0.15) is 19.8 Å². The molecule has 0 N–H and O–H groups in total. The number of carbonyl (C=O) groups excluding carboxylic acids is 3. The van der Waals surface area contributed by atoms with E-state index in [-0.39, 0.29) is 43.5 Å². The van der Waals surface area contributed by atoms with Crippen molar-refractivity contribution in [3.05, 3.63) is 29.8 Å². The first kappa shape index (κ1) is 19.9. The lowest BCUT2D eigenvalue weighted by molar-refractivity contribution is -0.141. The molecule has 1 aromatic carbocycles. The van der Waals surface area contributed by atoms with E-state index >= 15 is 0 Å². The molecule has 1 heterocycles. The third-order valence-electron chi connectivity index (χ3n) is 4.63. The van der Waals surface area contributed by atoms with Gasteiger partial charge in [-0.15, -0.1) is 0 Å². The first-order valence-corrected chi connectivity index (χ1v) is 9.27. The molecule has 0 spiro atoms. The normalized spacial score (nSPS) is 14.3. The quantitative estimate of drug-likeness (QED) is 0.752. The molecule has 2 rings (SSSR count). The molecule has 1 aromatic rings. The van der Waals surface area contributed by atoms with Crippen molar-refractivity contribution in [3.63, 3.8) is 0 Å². The number of anilines is 1. The van der Waals surface area contributed by atoms with E-state index in [1.54, 1.807) is 9.80 Å². The zero-order valence-corrected chi connectivity index (χ0v) is 16.2. The highest BCUT2D eigenvalue weighted by Gasteiger charge is 2.33. The van der Waals surface area contributed by atoms with Gasteiger partial charge in [0.05, 0.1) is 0 Å². The zero-order chi connectivity index (χ0) is 19.3. The Balaban J connectivity index is 2.01. The summed E-state index contributed by atoms with van der Waals surface area (Å²) in [6, 6.07) is 7.61. The fourth-order valence-electron chi connectivity index (χ4n) is 2.94. The van der Waals surface area contributed by atoms with Crippen molar-refractivity contribution in [2.45, 2.75) is 53.0 Å². The van der Waals surface area contributed by atoms with Crippen molar-refractivity contribution >= 4 is 23.4 Å². The minimum Gasteiger partial charge on any atom is -0.331 e. The summed E-state index contributed by atoms with van der Waals surface area (Å²) in [5.41, 5.74) is 1.90. The maximum absolute atomic E-state index is 12.7. The van der Waals surface area contributed by atoms with Crippen LogP contribution < -0.4 is 4.90 Å². The van der Waals surface area contributed by atoms with Crippen molar-refractivity contribution in [2.24, 2.45) is 0 Å². The molecule has 1 fully saturated rings. The molecule has 142 valence electrons. The number of nitrogens with zero attached hydrogens (tertiary/aromatic N) is 3. The van der Waals surface area contributed by atoms with Crippen LogP contribution in [0.1, 0.15) is 45.6 Å². The fourth-order valence-corrected chi connectivity index (χ4v) is 2.94. The van der Waals surface area contributed by atoms with Gasteiger partial charge in [-0.05, 0) is 39.3 Å². The number of hydrogen-bond donors (Lipinski definition) is 0. The average molecular weight is 359 g/mol. The lowest BCUT2D eigenvalue weighted by Gasteiger charge is -2.28. The molecule has 1 aliphatic rings. The van der Waals surface area contributed by atoms with E-state index in [1.165, 1.54) is 4.90 Å². The van der Waals surface area contributed by atoms with Gasteiger partial charge in [-0.1, -0.05) is 31.0 Å². The summed E-state index contributed by atoms with van der Waals surface area (Å²) in [5, 5.41) is 0. The van der Waals surface area contributed by atoms with E-state index in [0.29, 0.717) is 6.42 Å². The van der Waals surface area contributed by atoms with E-state index in [9.17, 15) is 14.4 Å². The molecule has 0 aromatic heterocycles. The number of rotatable bonds is 7. The molecule has 0 atom stereocenters. The summed E-state index contributed by atoms with van der Waals surface area (Å²) in [6.07, 6.45) is 2.22. The van der Waals surface area contributed by atoms with Gasteiger partial charge in [-0.2, -0.15) is 0 Å². The largest absolute Gasteiger partial charge is 0.331 e. The standard InChI is InChI=1S/C20H29N3O3/c1-5-6-7-18(24)22(15(2)3)13-19(25)21-12-20(26)23(14-21)17-10-8-16(4)9-11-17/h8-11,15H,5-7,12-14H2,1-4H3. The van der Waals surface area contributed by atoms with Gasteiger partial charge in [-0.25, -0.2) is 0 Å². The van der Waals surface area contributed by atoms with Gasteiger partial charge < -0.3 is 9.80 Å². The Morgan fingerprint density at radius 2 is 1.85 bits per heavy atom. The van der Waals surface area contributed by atoms with Gasteiger partial charge in [0.25, 0.3) is 0 Å². The summed E-state index contributed by atoms with van der Waals surface area (Å²) in [6.45, 7) is 8.15. The van der Waals surface area contributed by atoms with Gasteiger partial charge >= 0.3 is 0 Å². The minimum absolute atomic E-state index is 0.00360. The molecular formula is C20H29N3O3. The molecule has 6 nitrogen and oxygen atoms in total. The van der Waals surface area contributed by atoms with E-state index in [4.69, 9.17) is 0 Å². The summed E-state index contributed by atoms with van der Waals surface area (Å²) in [4.78, 5) is 42.1. The molecule has 0 radical (unpaired) electrons. The molecule has 6 heteroatoms. The number of benzene rings is 1. The third-order valence-corrected chi connectivity index (χ3v) is 4.63. The predicted molar refractivity (Wildman–Crippen MR) is 102 cm³/mol. The van der Waals surface area contributed by atoms with Crippen molar-refractivity contribution in [1.29, 1.82) is 0 Å². The monoisotopic (exact) mass is 359 g/mol. The van der Waals surface area contributed by atoms with Crippen LogP contribution in [0.25, 0.3) is 0 Å². The minimum atomic E-state index is -0.188. The summed E-state index contributed by atoms with van der Waals surface area (Å²) in [5.74, 6) is -0.293. The number of unbranched alkanes of at least 4 members (excludes halogenated alkanes) is 1. The van der Waals surface area contributed by atoms with Crippen molar-refractivity contribution in [2.75, 3.05) is 24.7 Å². The molecule has 26 heavy (non-hydrogen) atoms. The maximum Gasteiger partial charge on any atom is 0.248 e. The van der Waals surface area contributed by atoms with Crippen LogP contribution in [-0.2, 0) is 14.4 Å². The van der Waals surface area contributed by atoms with Crippen LogP contribution in [0.15, 0.2) is 24.3 Å². The first-order chi connectivity index (χ1) is 12.3. The van der Waals surface area contributed by atoms with Gasteiger partial charge in [0, 0.05) is 18.2 Å². The molecule has 3 amide bonds. The lowest BCUT2D eigenvalue weighted by Crippen LogP contribution is -2.45. The number of carbonyl (C=O) groups is 3. The first-order valence-electron chi connectivity index (χ1n) is 9.27. The fraction of sp³-hybridized carbons (Fsp3) is 0.550. The third kappa shape index (κ3) is 4.84. The second-order valence-electron chi connectivity index (χ2n) is 7.11. The Morgan fingerprint density at radius 3 is 2.42 bits per heavy atom. The Hall–Kier alpha value is -2.37. The van der Waals surface area contributed by atoms with Crippen molar-refractivity contribution < 1.29 is 14.4 Å². The number of aryl methyl sites for hydroxylation is 1. The van der Waals surface area contributed by atoms with E-state index in [2.05, 4.69) is 0 Å². The van der Waals surface area contributed by atoms with E-state index in [0.717, 1.165) is 24.1 Å². The van der Waals surface area contributed by atoms with Gasteiger partial charge in [-0.3, -0.25) is 19.3 Å². The van der Waals surface area contributed by atoms with Crippen LogP contribution >= 0.6 is 0 Å².